The predicted molar refractivity (Wildman–Crippen MR) is 72.0 cm³/mol. The van der Waals surface area contributed by atoms with Gasteiger partial charge in [-0.05, 0) is 18.2 Å². The summed E-state index contributed by atoms with van der Waals surface area (Å²) in [4.78, 5) is 4.68. The summed E-state index contributed by atoms with van der Waals surface area (Å²) in [5.74, 6) is 0.856. The van der Waals surface area contributed by atoms with E-state index in [1.807, 2.05) is 24.4 Å². The van der Waals surface area contributed by atoms with Crippen molar-refractivity contribution in [3.05, 3.63) is 36.5 Å². The van der Waals surface area contributed by atoms with Crippen LogP contribution in [0.2, 0.25) is 0 Å². The minimum absolute atomic E-state index is 0.856. The number of rotatable bonds is 1. The molecule has 2 N–H and O–H groups in total. The summed E-state index contributed by atoms with van der Waals surface area (Å²) in [7, 11) is 1.68. The Balaban J connectivity index is 2.23. The molecule has 0 saturated carbocycles. The van der Waals surface area contributed by atoms with E-state index in [1.165, 1.54) is 0 Å². The fourth-order valence-electron chi connectivity index (χ4n) is 2.45. The maximum absolute atomic E-state index is 5.27. The first-order valence-electron chi connectivity index (χ1n) is 5.79. The highest BCUT2D eigenvalue weighted by molar-refractivity contribution is 6.15. The molecule has 0 amide bonds. The normalized spacial score (nSPS) is 11.6. The standard InChI is InChI=1S/C14H11N3O/c1-18-9-3-5-12-11(6-9)10-4-2-8-7-15-17-13(8)14(10)16-12/h2-7,15,17H,1H3. The molecule has 0 bridgehead atoms. The average molecular weight is 237 g/mol. The lowest BCUT2D eigenvalue weighted by atomic mass is 10.1. The van der Waals surface area contributed by atoms with Crippen molar-refractivity contribution in [3.63, 3.8) is 0 Å². The number of H-pyrrole nitrogens is 2. The number of hydrogen-bond acceptors (Lipinski definition) is 2. The van der Waals surface area contributed by atoms with Gasteiger partial charge in [0.2, 0.25) is 0 Å². The van der Waals surface area contributed by atoms with Gasteiger partial charge in [-0.3, -0.25) is 5.10 Å². The number of benzene rings is 2. The zero-order valence-corrected chi connectivity index (χ0v) is 9.82. The number of methoxy groups -OCH3 is 1. The third-order valence-corrected chi connectivity index (χ3v) is 3.36. The SMILES string of the molecule is COc1ccc2nc3c(ccc4c[nH][nH]c43)c2c1. The molecule has 4 aromatic rings. The second kappa shape index (κ2) is 3.26. The summed E-state index contributed by atoms with van der Waals surface area (Å²) in [6, 6.07) is 10.2. The van der Waals surface area contributed by atoms with Crippen molar-refractivity contribution in [3.8, 4) is 5.75 Å². The first kappa shape index (κ1) is 9.53. The zero-order valence-electron chi connectivity index (χ0n) is 9.82. The molecule has 18 heavy (non-hydrogen) atoms. The molecule has 0 aliphatic carbocycles. The van der Waals surface area contributed by atoms with Gasteiger partial charge in [0.1, 0.15) is 5.75 Å². The van der Waals surface area contributed by atoms with Gasteiger partial charge in [0.25, 0.3) is 0 Å². The summed E-state index contributed by atoms with van der Waals surface area (Å²) < 4.78 is 5.27. The molecule has 0 radical (unpaired) electrons. The van der Waals surface area contributed by atoms with Gasteiger partial charge in [-0.2, -0.15) is 0 Å². The van der Waals surface area contributed by atoms with Crippen LogP contribution in [0.15, 0.2) is 36.5 Å². The van der Waals surface area contributed by atoms with Gasteiger partial charge in [-0.1, -0.05) is 12.1 Å². The first-order chi connectivity index (χ1) is 8.86. The van der Waals surface area contributed by atoms with E-state index >= 15 is 0 Å². The molecule has 4 nitrogen and oxygen atoms in total. The minimum Gasteiger partial charge on any atom is -0.497 e. The van der Waals surface area contributed by atoms with Crippen LogP contribution < -0.4 is 4.74 Å². The molecule has 0 saturated heterocycles. The van der Waals surface area contributed by atoms with E-state index in [0.29, 0.717) is 0 Å². The summed E-state index contributed by atoms with van der Waals surface area (Å²) in [6.07, 6.45) is 1.94. The molecule has 0 aliphatic rings. The molecule has 4 heteroatoms. The van der Waals surface area contributed by atoms with Crippen molar-refractivity contribution in [1.29, 1.82) is 0 Å². The summed E-state index contributed by atoms with van der Waals surface area (Å²) in [5.41, 5.74) is 3.03. The molecule has 4 rings (SSSR count). The molecule has 0 spiro atoms. The van der Waals surface area contributed by atoms with Gasteiger partial charge in [-0.25, -0.2) is 4.98 Å². The van der Waals surface area contributed by atoms with Crippen LogP contribution in [0.5, 0.6) is 5.75 Å². The van der Waals surface area contributed by atoms with Crippen molar-refractivity contribution in [2.75, 3.05) is 7.11 Å². The summed E-state index contributed by atoms with van der Waals surface area (Å²) in [6.45, 7) is 0. The van der Waals surface area contributed by atoms with Gasteiger partial charge >= 0.3 is 0 Å². The van der Waals surface area contributed by atoms with E-state index in [4.69, 9.17) is 4.74 Å². The predicted octanol–water partition coefficient (Wildman–Crippen LogP) is 3.21. The number of hydrogen-bond donors (Lipinski definition) is 2. The number of aromatic amines is 2. The molecule has 0 unspecified atom stereocenters. The molecule has 88 valence electrons. The van der Waals surface area contributed by atoms with E-state index in [0.717, 1.165) is 38.5 Å². The third-order valence-electron chi connectivity index (χ3n) is 3.36. The first-order valence-corrected chi connectivity index (χ1v) is 5.79. The van der Waals surface area contributed by atoms with Crippen molar-refractivity contribution in [1.82, 2.24) is 15.2 Å². The second-order valence-electron chi connectivity index (χ2n) is 4.33. The average Bonchev–Trinajstić information content (AvgIpc) is 3.01. The number of ether oxygens (including phenoxy) is 1. The molecule has 2 aromatic carbocycles. The van der Waals surface area contributed by atoms with Crippen LogP contribution >= 0.6 is 0 Å². The van der Waals surface area contributed by atoms with E-state index in [9.17, 15) is 0 Å². The Kier molecular flexibility index (Phi) is 1.73. The Morgan fingerprint density at radius 2 is 2.06 bits per heavy atom. The van der Waals surface area contributed by atoms with E-state index in [-0.39, 0.29) is 0 Å². The van der Waals surface area contributed by atoms with Crippen LogP contribution in [0.3, 0.4) is 0 Å². The molecular formula is C14H11N3O. The molecule has 0 atom stereocenters. The monoisotopic (exact) mass is 237 g/mol. The van der Waals surface area contributed by atoms with Gasteiger partial charge < -0.3 is 9.84 Å². The Labute approximate surface area is 103 Å². The van der Waals surface area contributed by atoms with Crippen molar-refractivity contribution >= 4 is 32.7 Å². The van der Waals surface area contributed by atoms with Crippen LogP contribution in [0.25, 0.3) is 32.7 Å². The van der Waals surface area contributed by atoms with Gasteiger partial charge in [-0.15, -0.1) is 0 Å². The van der Waals surface area contributed by atoms with Crippen LogP contribution in [-0.2, 0) is 0 Å². The summed E-state index contributed by atoms with van der Waals surface area (Å²) >= 11 is 0. The highest BCUT2D eigenvalue weighted by Crippen LogP contribution is 2.31. The Hall–Kier alpha value is -2.49. The van der Waals surface area contributed by atoms with Crippen molar-refractivity contribution in [2.45, 2.75) is 0 Å². The Bertz CT molecular complexity index is 873. The van der Waals surface area contributed by atoms with Crippen LogP contribution in [0, 0.1) is 0 Å². The molecule has 0 aliphatic heterocycles. The lowest BCUT2D eigenvalue weighted by Gasteiger charge is -1.98. The zero-order chi connectivity index (χ0) is 12.1. The van der Waals surface area contributed by atoms with Gasteiger partial charge in [0, 0.05) is 22.4 Å². The van der Waals surface area contributed by atoms with Crippen LogP contribution in [0.1, 0.15) is 0 Å². The fourth-order valence-corrected chi connectivity index (χ4v) is 2.45. The fraction of sp³-hybridized carbons (Fsp3) is 0.0714. The largest absolute Gasteiger partial charge is 0.497 e. The van der Waals surface area contributed by atoms with Crippen LogP contribution in [0.4, 0.5) is 0 Å². The van der Waals surface area contributed by atoms with E-state index in [2.05, 4.69) is 27.3 Å². The third kappa shape index (κ3) is 1.12. The highest BCUT2D eigenvalue weighted by atomic mass is 16.5. The number of aromatic nitrogens is 3. The maximum atomic E-state index is 5.27. The Morgan fingerprint density at radius 3 is 2.94 bits per heavy atom. The topological polar surface area (TPSA) is 53.7 Å². The number of fused-ring (bicyclic) bond motifs is 5. The van der Waals surface area contributed by atoms with Gasteiger partial charge in [0.15, 0.2) is 0 Å². The van der Waals surface area contributed by atoms with Crippen LogP contribution in [-0.4, -0.2) is 22.3 Å². The van der Waals surface area contributed by atoms with Gasteiger partial charge in [0.05, 0.1) is 23.7 Å². The molecule has 2 aromatic heterocycles. The smallest absolute Gasteiger partial charge is 0.119 e. The molecular weight excluding hydrogens is 226 g/mol. The van der Waals surface area contributed by atoms with E-state index < -0.39 is 0 Å². The Morgan fingerprint density at radius 1 is 1.11 bits per heavy atom. The number of nitrogens with one attached hydrogen (secondary N) is 2. The highest BCUT2D eigenvalue weighted by Gasteiger charge is 2.10. The van der Waals surface area contributed by atoms with Crippen molar-refractivity contribution in [2.24, 2.45) is 0 Å². The quantitative estimate of drug-likeness (QED) is 0.534. The van der Waals surface area contributed by atoms with E-state index in [1.54, 1.807) is 7.11 Å². The molecule has 0 fully saturated rings. The second-order valence-corrected chi connectivity index (χ2v) is 4.33. The lowest BCUT2D eigenvalue weighted by molar-refractivity contribution is 0.415. The number of nitrogens with zero attached hydrogens (tertiary/aromatic N) is 1. The maximum Gasteiger partial charge on any atom is 0.119 e. The molecule has 2 heterocycles. The minimum atomic E-state index is 0.856. The lowest BCUT2D eigenvalue weighted by Crippen LogP contribution is -1.80. The summed E-state index contributed by atoms with van der Waals surface area (Å²) in [5, 5.41) is 9.55. The van der Waals surface area contributed by atoms with Crippen molar-refractivity contribution < 1.29 is 4.74 Å².